The quantitative estimate of drug-likeness (QED) is 0.328. The Kier molecular flexibility index (Phi) is 7.42. The number of unbranched alkanes of at least 4 members (excludes halogenated alkanes) is 2. The first-order chi connectivity index (χ1) is 16.5. The molecular formula is C27H30N4O3+. The molecule has 3 aromatic rings. The first kappa shape index (κ1) is 23.3. The monoisotopic (exact) mass is 458 g/mol. The van der Waals surface area contributed by atoms with Crippen LogP contribution >= 0.6 is 0 Å². The van der Waals surface area contributed by atoms with Crippen LogP contribution in [0, 0.1) is 0 Å². The van der Waals surface area contributed by atoms with Crippen LogP contribution in [0.4, 0.5) is 0 Å². The number of phenols is 1. The summed E-state index contributed by atoms with van der Waals surface area (Å²) in [5, 5.41) is 17.2. The van der Waals surface area contributed by atoms with Gasteiger partial charge in [-0.1, -0.05) is 43.2 Å². The normalized spacial score (nSPS) is 13.8. The molecule has 1 radical (unpaired) electrons. The minimum absolute atomic E-state index is 0.115. The zero-order valence-electron chi connectivity index (χ0n) is 19.3. The Labute approximate surface area is 199 Å². The molecule has 0 unspecified atom stereocenters. The van der Waals surface area contributed by atoms with Gasteiger partial charge in [-0.3, -0.25) is 4.79 Å². The Morgan fingerprint density at radius 1 is 1.09 bits per heavy atom. The van der Waals surface area contributed by atoms with Gasteiger partial charge in [0.25, 0.3) is 0 Å². The number of ketones is 1. The number of benzene rings is 2. The lowest BCUT2D eigenvalue weighted by Gasteiger charge is -2.15. The minimum atomic E-state index is -0.263. The number of aromatic hydroxyl groups is 1. The first-order valence-electron chi connectivity index (χ1n) is 11.7. The summed E-state index contributed by atoms with van der Waals surface area (Å²) in [5.74, 6) is 0.973. The average Bonchev–Trinajstić information content (AvgIpc) is 3.46. The smallest absolute Gasteiger partial charge is 0.319 e. The van der Waals surface area contributed by atoms with Crippen LogP contribution in [0.2, 0.25) is 0 Å². The molecule has 1 amide bonds. The van der Waals surface area contributed by atoms with Crippen molar-refractivity contribution in [1.82, 2.24) is 20.6 Å². The summed E-state index contributed by atoms with van der Waals surface area (Å²) >= 11 is 0. The van der Waals surface area contributed by atoms with Crippen LogP contribution in [0.5, 0.6) is 5.75 Å². The van der Waals surface area contributed by atoms with Crippen molar-refractivity contribution >= 4 is 34.1 Å². The van der Waals surface area contributed by atoms with Gasteiger partial charge in [0.2, 0.25) is 5.91 Å². The van der Waals surface area contributed by atoms with Crippen molar-refractivity contribution in [3.05, 3.63) is 72.1 Å². The molecule has 34 heavy (non-hydrogen) atoms. The van der Waals surface area contributed by atoms with Crippen LogP contribution < -0.4 is 15.6 Å². The second kappa shape index (κ2) is 10.8. The number of nitrogens with zero attached hydrogens (tertiary/aromatic N) is 1. The van der Waals surface area contributed by atoms with Crippen molar-refractivity contribution in [2.24, 2.45) is 0 Å². The maximum absolute atomic E-state index is 13.0. The number of H-pyrrole nitrogens is 1. The molecule has 7 nitrogen and oxygen atoms in total. The Balaban J connectivity index is 1.41. The fourth-order valence-electron chi connectivity index (χ4n) is 4.19. The van der Waals surface area contributed by atoms with Gasteiger partial charge in [0.1, 0.15) is 17.6 Å². The number of carbonyl (C=O) groups is 2. The number of phenolic OH excluding ortho intramolecular Hbond substituents is 1. The fourth-order valence-corrected chi connectivity index (χ4v) is 4.19. The standard InChI is InChI=1S/C27H30N4O3/c1-18(32)8-4-2-7-11-24(27-29-17-25(31-27)19-9-5-3-6-10-19)30-26(34)14-20-16-28-23-13-12-21(33)15-22(20)23/h3,5-6,9-10,12-13,15-17,24,28,31,33H,2,4,7-8,11,14H2,1H3,(H,30,34)/q+1/t24-/m0/s1. The predicted octanol–water partition coefficient (Wildman–Crippen LogP) is 3.78. The molecular weight excluding hydrogens is 428 g/mol. The molecule has 7 heteroatoms. The van der Waals surface area contributed by atoms with Crippen LogP contribution in [0.1, 0.15) is 50.2 Å². The zero-order valence-corrected chi connectivity index (χ0v) is 19.3. The second-order valence-corrected chi connectivity index (χ2v) is 8.69. The van der Waals surface area contributed by atoms with E-state index in [4.69, 9.17) is 0 Å². The predicted molar refractivity (Wildman–Crippen MR) is 134 cm³/mol. The number of amides is 1. The van der Waals surface area contributed by atoms with Gasteiger partial charge in [-0.05, 0) is 48.5 Å². The van der Waals surface area contributed by atoms with E-state index in [1.165, 1.54) is 0 Å². The second-order valence-electron chi connectivity index (χ2n) is 8.69. The van der Waals surface area contributed by atoms with E-state index in [0.29, 0.717) is 6.42 Å². The summed E-state index contributed by atoms with van der Waals surface area (Å²) < 4.78 is 0. The maximum Gasteiger partial charge on any atom is 0.319 e. The molecule has 0 fully saturated rings. The Morgan fingerprint density at radius 3 is 2.71 bits per heavy atom. The highest BCUT2D eigenvalue weighted by molar-refractivity contribution is 5.99. The van der Waals surface area contributed by atoms with Crippen molar-refractivity contribution in [3.8, 4) is 5.75 Å². The third-order valence-electron chi connectivity index (χ3n) is 5.97. The van der Waals surface area contributed by atoms with E-state index in [-0.39, 0.29) is 29.9 Å². The minimum Gasteiger partial charge on any atom is -0.508 e. The lowest BCUT2D eigenvalue weighted by Crippen LogP contribution is -2.47. The highest BCUT2D eigenvalue weighted by Gasteiger charge is 2.31. The number of Topliss-reactive ketones (excluding diaryl/α,β-unsaturated/α-hetero) is 1. The molecule has 1 atom stereocenters. The molecule has 0 saturated heterocycles. The Hall–Kier alpha value is -3.87. The number of aromatic nitrogens is 1. The molecule has 0 saturated carbocycles. The van der Waals surface area contributed by atoms with E-state index < -0.39 is 0 Å². The topological polar surface area (TPSA) is 108 Å². The lowest BCUT2D eigenvalue weighted by molar-refractivity contribution is -0.120. The molecule has 0 aliphatic carbocycles. The molecule has 0 spiro atoms. The van der Waals surface area contributed by atoms with Crippen molar-refractivity contribution in [2.75, 3.05) is 0 Å². The number of aliphatic imine (C=N–C) groups is 1. The number of nitrogens with one attached hydrogen (secondary N) is 3. The van der Waals surface area contributed by atoms with Crippen LogP contribution in [-0.4, -0.2) is 33.7 Å². The van der Waals surface area contributed by atoms with Gasteiger partial charge in [-0.25, -0.2) is 5.32 Å². The molecule has 0 bridgehead atoms. The number of aromatic amines is 1. The molecule has 2 heterocycles. The molecule has 2 aromatic carbocycles. The van der Waals surface area contributed by atoms with Gasteiger partial charge in [0.15, 0.2) is 11.9 Å². The Morgan fingerprint density at radius 2 is 1.91 bits per heavy atom. The average molecular weight is 459 g/mol. The van der Waals surface area contributed by atoms with E-state index in [2.05, 4.69) is 20.6 Å². The lowest BCUT2D eigenvalue weighted by atomic mass is 10.0. The largest absolute Gasteiger partial charge is 0.508 e. The van der Waals surface area contributed by atoms with Crippen molar-refractivity contribution in [3.63, 3.8) is 0 Å². The van der Waals surface area contributed by atoms with Crippen molar-refractivity contribution in [2.45, 2.75) is 51.5 Å². The molecule has 175 valence electrons. The maximum atomic E-state index is 13.0. The van der Waals surface area contributed by atoms with Gasteiger partial charge in [-0.15, -0.1) is 0 Å². The molecule has 4 N–H and O–H groups in total. The highest BCUT2D eigenvalue weighted by Crippen LogP contribution is 2.23. The SMILES string of the molecule is CC(=O)CCCCC[C@H](NC(=O)Cc1c[nH]c2ccc(O)cc12)C1=[N+]C=C(c2ccccc2)N1. The number of amidine groups is 1. The van der Waals surface area contributed by atoms with Gasteiger partial charge in [0.05, 0.1) is 6.42 Å². The number of rotatable bonds is 11. The van der Waals surface area contributed by atoms with Gasteiger partial charge in [0, 0.05) is 29.1 Å². The zero-order chi connectivity index (χ0) is 23.9. The van der Waals surface area contributed by atoms with Gasteiger partial charge in [-0.2, -0.15) is 0 Å². The first-order valence-corrected chi connectivity index (χ1v) is 11.7. The number of fused-ring (bicyclic) bond motifs is 1. The van der Waals surface area contributed by atoms with Gasteiger partial charge < -0.3 is 20.2 Å². The Bertz CT molecular complexity index is 1230. The van der Waals surface area contributed by atoms with Crippen LogP contribution in [0.25, 0.3) is 16.6 Å². The van der Waals surface area contributed by atoms with Crippen molar-refractivity contribution < 1.29 is 14.7 Å². The van der Waals surface area contributed by atoms with E-state index in [1.807, 2.05) is 30.3 Å². The van der Waals surface area contributed by atoms with Crippen LogP contribution in [-0.2, 0) is 16.0 Å². The summed E-state index contributed by atoms with van der Waals surface area (Å²) in [6.07, 6.45) is 7.74. The number of hydrogen-bond acceptors (Lipinski definition) is 5. The molecule has 1 aliphatic rings. The van der Waals surface area contributed by atoms with E-state index in [0.717, 1.165) is 59.2 Å². The van der Waals surface area contributed by atoms with E-state index in [9.17, 15) is 14.7 Å². The van der Waals surface area contributed by atoms with Crippen LogP contribution in [0.15, 0.2) is 60.9 Å². The van der Waals surface area contributed by atoms with Crippen molar-refractivity contribution in [1.29, 1.82) is 0 Å². The number of hydrogen-bond donors (Lipinski definition) is 4. The third-order valence-corrected chi connectivity index (χ3v) is 5.97. The summed E-state index contributed by atoms with van der Waals surface area (Å²) in [5.41, 5.74) is 3.64. The third kappa shape index (κ3) is 5.92. The summed E-state index contributed by atoms with van der Waals surface area (Å²) in [4.78, 5) is 31.9. The number of carbonyl (C=O) groups excluding carboxylic acids is 2. The van der Waals surface area contributed by atoms with E-state index in [1.54, 1.807) is 37.5 Å². The fraction of sp³-hybridized carbons (Fsp3) is 0.296. The van der Waals surface area contributed by atoms with E-state index >= 15 is 0 Å². The highest BCUT2D eigenvalue weighted by atomic mass is 16.3. The summed E-state index contributed by atoms with van der Waals surface area (Å²) in [6, 6.07) is 14.8. The molecule has 1 aromatic heterocycles. The van der Waals surface area contributed by atoms with Gasteiger partial charge >= 0.3 is 5.84 Å². The summed E-state index contributed by atoms with van der Waals surface area (Å²) in [7, 11) is 0. The molecule has 1 aliphatic heterocycles. The summed E-state index contributed by atoms with van der Waals surface area (Å²) in [6.45, 7) is 1.61. The van der Waals surface area contributed by atoms with Crippen LogP contribution in [0.3, 0.4) is 0 Å². The molecule has 4 rings (SSSR count).